The number of anilines is 1. The molecule has 4 rings (SSSR count). The van der Waals surface area contributed by atoms with Crippen LogP contribution in [0.5, 0.6) is 0 Å². The van der Waals surface area contributed by atoms with E-state index in [0.717, 1.165) is 16.8 Å². The number of benzene rings is 3. The molecule has 1 aliphatic heterocycles. The first kappa shape index (κ1) is 20.8. The van der Waals surface area contributed by atoms with Crippen LogP contribution >= 0.6 is 0 Å². The molecule has 1 N–H and O–H groups in total. The monoisotopic (exact) mass is 413 g/mol. The van der Waals surface area contributed by atoms with Gasteiger partial charge in [0.2, 0.25) is 5.91 Å². The van der Waals surface area contributed by atoms with Crippen LogP contribution in [0.4, 0.5) is 5.69 Å². The number of hydrogen-bond donors (Lipinski definition) is 1. The number of carbonyl (C=O) groups is 2. The first-order chi connectivity index (χ1) is 15.1. The fourth-order valence-corrected chi connectivity index (χ4v) is 3.96. The molecule has 0 saturated carbocycles. The van der Waals surface area contributed by atoms with Gasteiger partial charge in [-0.1, -0.05) is 66.2 Å². The van der Waals surface area contributed by atoms with Crippen molar-refractivity contribution in [1.82, 2.24) is 9.80 Å². The molecule has 0 aromatic heterocycles. The molecule has 2 amide bonds. The highest BCUT2D eigenvalue weighted by molar-refractivity contribution is 5.96. The summed E-state index contributed by atoms with van der Waals surface area (Å²) in [6, 6.07) is 26.6. The summed E-state index contributed by atoms with van der Waals surface area (Å²) < 4.78 is 0. The smallest absolute Gasteiger partial charge is 0.253 e. The highest BCUT2D eigenvalue weighted by Gasteiger charge is 2.32. The lowest BCUT2D eigenvalue weighted by Gasteiger charge is -2.38. The van der Waals surface area contributed by atoms with Crippen LogP contribution in [0.3, 0.4) is 0 Å². The highest BCUT2D eigenvalue weighted by Crippen LogP contribution is 2.25. The summed E-state index contributed by atoms with van der Waals surface area (Å²) in [6.45, 7) is 4.48. The first-order valence-electron chi connectivity index (χ1n) is 10.6. The second-order valence-electron chi connectivity index (χ2n) is 7.86. The SMILES string of the molecule is Cc1ccc(NC(=O)[C@@H](c2ccccc2)N2CCN(C(=O)c3ccccc3)CC2)cc1. The Hall–Kier alpha value is -3.44. The second-order valence-corrected chi connectivity index (χ2v) is 7.86. The molecule has 0 unspecified atom stereocenters. The van der Waals surface area contributed by atoms with Gasteiger partial charge in [-0.05, 0) is 36.8 Å². The minimum atomic E-state index is -0.406. The van der Waals surface area contributed by atoms with Gasteiger partial charge in [0, 0.05) is 37.4 Å². The van der Waals surface area contributed by atoms with Crippen molar-refractivity contribution >= 4 is 17.5 Å². The van der Waals surface area contributed by atoms with Gasteiger partial charge in [0.15, 0.2) is 0 Å². The van der Waals surface area contributed by atoms with Crippen molar-refractivity contribution in [3.05, 3.63) is 102 Å². The highest BCUT2D eigenvalue weighted by atomic mass is 16.2. The molecule has 1 saturated heterocycles. The van der Waals surface area contributed by atoms with Crippen molar-refractivity contribution in [2.45, 2.75) is 13.0 Å². The summed E-state index contributed by atoms with van der Waals surface area (Å²) in [5, 5.41) is 3.06. The Labute approximate surface area is 183 Å². The Morgan fingerprint density at radius 1 is 0.774 bits per heavy atom. The molecule has 5 nitrogen and oxygen atoms in total. The normalized spacial score (nSPS) is 15.3. The van der Waals surface area contributed by atoms with Crippen molar-refractivity contribution in [2.24, 2.45) is 0 Å². The predicted octanol–water partition coefficient (Wildman–Crippen LogP) is 4.13. The fourth-order valence-electron chi connectivity index (χ4n) is 3.96. The van der Waals surface area contributed by atoms with Crippen LogP contribution in [0, 0.1) is 6.92 Å². The van der Waals surface area contributed by atoms with Crippen molar-refractivity contribution < 1.29 is 9.59 Å². The number of aryl methyl sites for hydroxylation is 1. The number of rotatable bonds is 5. The topological polar surface area (TPSA) is 52.7 Å². The third-order valence-corrected chi connectivity index (χ3v) is 5.67. The van der Waals surface area contributed by atoms with Crippen LogP contribution in [0.25, 0.3) is 0 Å². The minimum absolute atomic E-state index is 0.0422. The molecular formula is C26H27N3O2. The van der Waals surface area contributed by atoms with Crippen LogP contribution < -0.4 is 5.32 Å². The van der Waals surface area contributed by atoms with E-state index >= 15 is 0 Å². The average Bonchev–Trinajstić information content (AvgIpc) is 2.82. The van der Waals surface area contributed by atoms with Gasteiger partial charge in [-0.2, -0.15) is 0 Å². The molecule has 1 fully saturated rings. The number of amides is 2. The van der Waals surface area contributed by atoms with Crippen LogP contribution in [-0.2, 0) is 4.79 Å². The minimum Gasteiger partial charge on any atom is -0.336 e. The summed E-state index contributed by atoms with van der Waals surface area (Å²) in [5.41, 5.74) is 3.59. The molecule has 0 aliphatic carbocycles. The molecule has 0 radical (unpaired) electrons. The standard InChI is InChI=1S/C26H27N3O2/c1-20-12-14-23(15-13-20)27-25(30)24(21-8-4-2-5-9-21)28-16-18-29(19-17-28)26(31)22-10-6-3-7-11-22/h2-15,24H,16-19H2,1H3,(H,27,30)/t24-/m1/s1. The number of nitrogens with one attached hydrogen (secondary N) is 1. The van der Waals surface area contributed by atoms with E-state index in [1.807, 2.05) is 96.8 Å². The van der Waals surface area contributed by atoms with E-state index in [9.17, 15) is 9.59 Å². The maximum atomic E-state index is 13.3. The summed E-state index contributed by atoms with van der Waals surface area (Å²) in [6.07, 6.45) is 0. The number of hydrogen-bond acceptors (Lipinski definition) is 3. The Balaban J connectivity index is 1.48. The van der Waals surface area contributed by atoms with Gasteiger partial charge in [-0.15, -0.1) is 0 Å². The molecule has 31 heavy (non-hydrogen) atoms. The summed E-state index contributed by atoms with van der Waals surface area (Å²) >= 11 is 0. The average molecular weight is 414 g/mol. The fraction of sp³-hybridized carbons (Fsp3) is 0.231. The Bertz CT molecular complexity index is 1010. The molecule has 1 atom stereocenters. The third-order valence-electron chi connectivity index (χ3n) is 5.67. The van der Waals surface area contributed by atoms with Crippen LogP contribution in [0.2, 0.25) is 0 Å². The lowest BCUT2D eigenvalue weighted by atomic mass is 10.0. The predicted molar refractivity (Wildman–Crippen MR) is 123 cm³/mol. The van der Waals surface area contributed by atoms with E-state index in [0.29, 0.717) is 31.7 Å². The Kier molecular flexibility index (Phi) is 6.43. The maximum absolute atomic E-state index is 13.3. The van der Waals surface area contributed by atoms with Crippen LogP contribution in [-0.4, -0.2) is 47.8 Å². The Morgan fingerprint density at radius 3 is 1.97 bits per heavy atom. The molecule has 1 heterocycles. The lowest BCUT2D eigenvalue weighted by Crippen LogP contribution is -2.51. The van der Waals surface area contributed by atoms with Gasteiger partial charge in [-0.25, -0.2) is 0 Å². The molecular weight excluding hydrogens is 386 g/mol. The van der Waals surface area contributed by atoms with E-state index in [2.05, 4.69) is 10.2 Å². The van der Waals surface area contributed by atoms with Crippen LogP contribution in [0.1, 0.15) is 27.5 Å². The lowest BCUT2D eigenvalue weighted by molar-refractivity contribution is -0.122. The van der Waals surface area contributed by atoms with Crippen molar-refractivity contribution in [3.8, 4) is 0 Å². The van der Waals surface area contributed by atoms with E-state index < -0.39 is 6.04 Å². The first-order valence-corrected chi connectivity index (χ1v) is 10.6. The van der Waals surface area contributed by atoms with Crippen molar-refractivity contribution in [3.63, 3.8) is 0 Å². The van der Waals surface area contributed by atoms with E-state index in [1.165, 1.54) is 0 Å². The Morgan fingerprint density at radius 2 is 1.35 bits per heavy atom. The molecule has 0 bridgehead atoms. The maximum Gasteiger partial charge on any atom is 0.253 e. The van der Waals surface area contributed by atoms with Crippen molar-refractivity contribution in [2.75, 3.05) is 31.5 Å². The van der Waals surface area contributed by atoms with E-state index in [4.69, 9.17) is 0 Å². The number of nitrogens with zero attached hydrogens (tertiary/aromatic N) is 2. The quantitative estimate of drug-likeness (QED) is 0.684. The van der Waals surface area contributed by atoms with E-state index in [-0.39, 0.29) is 11.8 Å². The zero-order valence-corrected chi connectivity index (χ0v) is 17.7. The summed E-state index contributed by atoms with van der Waals surface area (Å²) in [5.74, 6) is -0.0153. The van der Waals surface area contributed by atoms with Gasteiger partial charge < -0.3 is 10.2 Å². The van der Waals surface area contributed by atoms with Gasteiger partial charge in [-0.3, -0.25) is 14.5 Å². The molecule has 0 spiro atoms. The largest absolute Gasteiger partial charge is 0.336 e. The van der Waals surface area contributed by atoms with Gasteiger partial charge >= 0.3 is 0 Å². The molecule has 1 aliphatic rings. The molecule has 3 aromatic rings. The van der Waals surface area contributed by atoms with Gasteiger partial charge in [0.05, 0.1) is 0 Å². The summed E-state index contributed by atoms with van der Waals surface area (Å²) in [7, 11) is 0. The van der Waals surface area contributed by atoms with E-state index in [1.54, 1.807) is 0 Å². The summed E-state index contributed by atoms with van der Waals surface area (Å²) in [4.78, 5) is 30.1. The number of carbonyl (C=O) groups excluding carboxylic acids is 2. The third kappa shape index (κ3) is 5.01. The van der Waals surface area contributed by atoms with Crippen molar-refractivity contribution in [1.29, 1.82) is 0 Å². The van der Waals surface area contributed by atoms with Crippen LogP contribution in [0.15, 0.2) is 84.9 Å². The zero-order chi connectivity index (χ0) is 21.6. The molecule has 5 heteroatoms. The molecule has 3 aromatic carbocycles. The van der Waals surface area contributed by atoms with Gasteiger partial charge in [0.1, 0.15) is 6.04 Å². The second kappa shape index (κ2) is 9.58. The molecule has 158 valence electrons. The van der Waals surface area contributed by atoms with Gasteiger partial charge in [0.25, 0.3) is 5.91 Å². The zero-order valence-electron chi connectivity index (χ0n) is 17.7. The number of piperazine rings is 1.